The van der Waals surface area contributed by atoms with Crippen LogP contribution in [0.5, 0.6) is 11.5 Å². The molecule has 47 heavy (non-hydrogen) atoms. The number of esters is 2. The molecule has 2 aliphatic rings. The fourth-order valence-electron chi connectivity index (χ4n) is 4.57. The average Bonchev–Trinajstić information content (AvgIpc) is 3.64. The van der Waals surface area contributed by atoms with Gasteiger partial charge >= 0.3 is 17.9 Å². The van der Waals surface area contributed by atoms with Gasteiger partial charge in [-0.2, -0.15) is 0 Å². The Hall–Kier alpha value is -5.02. The first-order chi connectivity index (χ1) is 22.3. The van der Waals surface area contributed by atoms with E-state index >= 15 is 0 Å². The number of ether oxygens (including phenoxy) is 2. The van der Waals surface area contributed by atoms with E-state index in [2.05, 4.69) is 31.1 Å². The molecule has 1 aromatic carbocycles. The highest BCUT2D eigenvalue weighted by molar-refractivity contribution is 8.01. The van der Waals surface area contributed by atoms with Gasteiger partial charge in [-0.05, 0) is 34.2 Å². The number of hydrogen-bond donors (Lipinski definition) is 4. The number of thiazole rings is 1. The highest BCUT2D eigenvalue weighted by atomic mass is 32.2. The first-order valence-electron chi connectivity index (χ1n) is 13.4. The quantitative estimate of drug-likeness (QED) is 0.0894. The Bertz CT molecular complexity index is 1820. The second-order valence-corrected chi connectivity index (χ2v) is 12.8. The van der Waals surface area contributed by atoms with Gasteiger partial charge in [-0.1, -0.05) is 11.8 Å². The van der Waals surface area contributed by atoms with Crippen molar-refractivity contribution in [3.05, 3.63) is 46.1 Å². The molecule has 5 rings (SSSR count). The number of carbonyl (C=O) groups excluding carboxylic acids is 5. The van der Waals surface area contributed by atoms with Gasteiger partial charge in [-0.15, -0.1) is 28.2 Å². The zero-order valence-electron chi connectivity index (χ0n) is 24.7. The van der Waals surface area contributed by atoms with Crippen molar-refractivity contribution < 1.29 is 43.3 Å². The number of aliphatic carboxylic acids is 1. The summed E-state index contributed by atoms with van der Waals surface area (Å²) >= 11 is 3.51. The normalized spacial score (nSPS) is 17.7. The lowest BCUT2D eigenvalue weighted by Gasteiger charge is -2.49. The summed E-state index contributed by atoms with van der Waals surface area (Å²) in [5.41, 5.74) is 6.11. The Morgan fingerprint density at radius 1 is 1.17 bits per heavy atom. The SMILES string of the molecule is CC(=O)Oc1ccc(C(=O)NC(C(=O)N[C@@H]2C(=O)N3C(C(=O)O)=C(CSc4nnnn4C)CS[C@@H]23)c2csc(N)n2)cc1OC(C)=O. The minimum absolute atomic E-state index is 0.0642. The second kappa shape index (κ2) is 13.8. The molecule has 5 N–H and O–H groups in total. The van der Waals surface area contributed by atoms with Gasteiger partial charge in [0, 0.05) is 43.3 Å². The molecule has 1 unspecified atom stereocenters. The molecule has 3 aromatic rings. The van der Waals surface area contributed by atoms with E-state index in [1.807, 2.05) is 0 Å². The Morgan fingerprint density at radius 3 is 2.51 bits per heavy atom. The van der Waals surface area contributed by atoms with Crippen LogP contribution in [0, 0.1) is 0 Å². The van der Waals surface area contributed by atoms with Crippen molar-refractivity contribution >= 4 is 75.6 Å². The summed E-state index contributed by atoms with van der Waals surface area (Å²) in [6.07, 6.45) is 0. The number of hydrogen-bond acceptors (Lipinski definition) is 16. The van der Waals surface area contributed by atoms with E-state index in [0.29, 0.717) is 10.7 Å². The zero-order chi connectivity index (χ0) is 34.0. The molecule has 1 saturated heterocycles. The van der Waals surface area contributed by atoms with Gasteiger partial charge in [0.25, 0.3) is 11.8 Å². The van der Waals surface area contributed by atoms with Gasteiger partial charge < -0.3 is 30.9 Å². The van der Waals surface area contributed by atoms with Gasteiger partial charge in [-0.25, -0.2) is 14.5 Å². The molecule has 0 spiro atoms. The number of fused-ring (bicyclic) bond motifs is 1. The van der Waals surface area contributed by atoms with Crippen LogP contribution in [0.25, 0.3) is 0 Å². The van der Waals surface area contributed by atoms with Crippen LogP contribution in [0.3, 0.4) is 0 Å². The number of aromatic nitrogens is 5. The molecule has 21 heteroatoms. The maximum absolute atomic E-state index is 13.6. The number of nitrogens with one attached hydrogen (secondary N) is 2. The number of thioether (sulfide) groups is 2. The number of nitrogens with two attached hydrogens (primary N) is 1. The number of carboxylic acids is 1. The van der Waals surface area contributed by atoms with E-state index in [9.17, 15) is 33.9 Å². The van der Waals surface area contributed by atoms with E-state index in [-0.39, 0.29) is 45.1 Å². The third kappa shape index (κ3) is 7.20. The minimum Gasteiger partial charge on any atom is -0.477 e. The van der Waals surface area contributed by atoms with E-state index in [1.54, 1.807) is 7.05 Å². The van der Waals surface area contributed by atoms with Crippen molar-refractivity contribution in [2.45, 2.75) is 36.5 Å². The highest BCUT2D eigenvalue weighted by Gasteiger charge is 2.54. The number of β-lactam (4-membered cyclic amide) rings is 1. The van der Waals surface area contributed by atoms with Crippen LogP contribution >= 0.6 is 34.9 Å². The van der Waals surface area contributed by atoms with Gasteiger partial charge in [0.05, 0.1) is 5.69 Å². The Balaban J connectivity index is 1.33. The maximum Gasteiger partial charge on any atom is 0.352 e. The largest absolute Gasteiger partial charge is 0.477 e. The molecule has 4 heterocycles. The third-order valence-electron chi connectivity index (χ3n) is 6.59. The number of anilines is 1. The van der Waals surface area contributed by atoms with Crippen molar-refractivity contribution in [2.24, 2.45) is 7.05 Å². The summed E-state index contributed by atoms with van der Waals surface area (Å²) in [6, 6.07) is 1.15. The van der Waals surface area contributed by atoms with Crippen molar-refractivity contribution in [3.8, 4) is 11.5 Å². The molecule has 18 nitrogen and oxygen atoms in total. The number of aryl methyl sites for hydroxylation is 1. The van der Waals surface area contributed by atoms with E-state index in [4.69, 9.17) is 15.2 Å². The number of nitrogens with zero attached hydrogens (tertiary/aromatic N) is 6. The summed E-state index contributed by atoms with van der Waals surface area (Å²) < 4.78 is 11.6. The second-order valence-electron chi connectivity index (χ2n) is 9.89. The van der Waals surface area contributed by atoms with Crippen molar-refractivity contribution in [2.75, 3.05) is 17.2 Å². The highest BCUT2D eigenvalue weighted by Crippen LogP contribution is 2.41. The third-order valence-corrected chi connectivity index (χ3v) is 9.72. The Morgan fingerprint density at radius 2 is 1.89 bits per heavy atom. The van der Waals surface area contributed by atoms with Crippen LogP contribution in [0.4, 0.5) is 5.13 Å². The fraction of sp³-hybridized carbons (Fsp3) is 0.308. The summed E-state index contributed by atoms with van der Waals surface area (Å²) in [5.74, 6) is -4.81. The lowest BCUT2D eigenvalue weighted by Crippen LogP contribution is -2.71. The first kappa shape index (κ1) is 33.3. The van der Waals surface area contributed by atoms with Gasteiger partial charge in [0.15, 0.2) is 22.7 Å². The van der Waals surface area contributed by atoms with Crippen LogP contribution in [0.2, 0.25) is 0 Å². The topological polar surface area (TPSA) is 251 Å². The van der Waals surface area contributed by atoms with E-state index < -0.39 is 53.1 Å². The maximum atomic E-state index is 13.6. The average molecular weight is 704 g/mol. The molecule has 0 aliphatic carbocycles. The minimum atomic E-state index is -1.43. The molecule has 246 valence electrons. The van der Waals surface area contributed by atoms with Gasteiger partial charge in [-0.3, -0.25) is 28.9 Å². The molecule has 3 amide bonds. The first-order valence-corrected chi connectivity index (χ1v) is 16.3. The standard InChI is InChI=1S/C26H25N9O9S3/c1-10(36)43-15-5-4-12(6-16(15)44-11(2)37)20(38)29-17(14-9-46-25(27)28-14)21(39)30-18-22(40)35-19(24(41)42)13(7-45-23(18)35)8-47-26-31-32-33-34(26)3/h4-6,9,17-18,23H,7-8H2,1-3H3,(H2,27,28)(H,29,38)(H,30,39)(H,41,42)/t17?,18-,23+/m1/s1. The fourth-order valence-corrected chi connectivity index (χ4v) is 7.49. The summed E-state index contributed by atoms with van der Waals surface area (Å²) in [5, 5.41) is 27.6. The molecule has 0 radical (unpaired) electrons. The van der Waals surface area contributed by atoms with E-state index in [0.717, 1.165) is 36.2 Å². The van der Waals surface area contributed by atoms with Crippen molar-refractivity contribution in [1.82, 2.24) is 40.7 Å². The number of rotatable bonds is 11. The number of carboxylic acid groups (broad SMARTS) is 1. The molecule has 0 saturated carbocycles. The number of tetrazole rings is 1. The lowest BCUT2D eigenvalue weighted by molar-refractivity contribution is -0.151. The molecule has 2 aliphatic heterocycles. The number of nitrogen functional groups attached to an aromatic ring is 1. The van der Waals surface area contributed by atoms with Gasteiger partial charge in [0.1, 0.15) is 17.1 Å². The predicted octanol–water partition coefficient (Wildman–Crippen LogP) is 0.101. The molecular formula is C26H25N9O9S3. The van der Waals surface area contributed by atoms with Crippen LogP contribution in [-0.4, -0.2) is 93.7 Å². The molecular weight excluding hydrogens is 679 g/mol. The molecule has 2 aromatic heterocycles. The molecule has 0 bridgehead atoms. The monoisotopic (exact) mass is 703 g/mol. The molecule has 3 atom stereocenters. The van der Waals surface area contributed by atoms with Crippen LogP contribution in [-0.2, 0) is 31.0 Å². The summed E-state index contributed by atoms with van der Waals surface area (Å²) in [6.45, 7) is 2.27. The number of carbonyl (C=O) groups is 6. The summed E-state index contributed by atoms with van der Waals surface area (Å²) in [4.78, 5) is 80.8. The Labute approximate surface area is 277 Å². The van der Waals surface area contributed by atoms with Crippen LogP contribution < -0.4 is 25.8 Å². The van der Waals surface area contributed by atoms with Crippen molar-refractivity contribution in [1.29, 1.82) is 0 Å². The summed E-state index contributed by atoms with van der Waals surface area (Å²) in [7, 11) is 1.64. The Kier molecular flexibility index (Phi) is 9.77. The van der Waals surface area contributed by atoms with Gasteiger partial charge in [0.2, 0.25) is 11.1 Å². The number of amides is 3. The zero-order valence-corrected chi connectivity index (χ0v) is 27.1. The smallest absolute Gasteiger partial charge is 0.352 e. The predicted molar refractivity (Wildman–Crippen MR) is 165 cm³/mol. The molecule has 1 fully saturated rings. The number of benzene rings is 1. The van der Waals surface area contributed by atoms with E-state index in [1.165, 1.54) is 45.7 Å². The van der Waals surface area contributed by atoms with Crippen LogP contribution in [0.1, 0.15) is 35.9 Å². The lowest BCUT2D eigenvalue weighted by atomic mass is 10.0. The van der Waals surface area contributed by atoms with Crippen LogP contribution in [0.15, 0.2) is 40.0 Å². The van der Waals surface area contributed by atoms with Crippen molar-refractivity contribution in [3.63, 3.8) is 0 Å².